The lowest BCUT2D eigenvalue weighted by Gasteiger charge is -2.24. The lowest BCUT2D eigenvalue weighted by molar-refractivity contribution is -0.131. The van der Waals surface area contributed by atoms with Crippen LogP contribution in [0.5, 0.6) is 0 Å². The van der Waals surface area contributed by atoms with E-state index in [0.29, 0.717) is 6.42 Å². The highest BCUT2D eigenvalue weighted by molar-refractivity contribution is 9.11. The van der Waals surface area contributed by atoms with Gasteiger partial charge in [0.05, 0.1) is 10.0 Å². The molecule has 1 N–H and O–H groups in total. The van der Waals surface area contributed by atoms with Gasteiger partial charge in [0, 0.05) is 4.88 Å². The van der Waals surface area contributed by atoms with E-state index in [1.54, 1.807) is 0 Å². The molecule has 23 heavy (non-hydrogen) atoms. The molecule has 1 aromatic heterocycles. The molecule has 118 valence electrons. The number of nitrogens with one attached hydrogen (secondary N) is 1. The standard InChI is InChI=1S/C16H14BrN3O2S/c1-2-16(11-6-4-3-5-7-11)14(21)20(15(22)19-16)18-10-12-8-9-13(17)23-12/h3-10H,2H2,1H3,(H,19,22)/b18-10-/t16-/m0/s1. The summed E-state index contributed by atoms with van der Waals surface area (Å²) in [5.41, 5.74) is -0.288. The lowest BCUT2D eigenvalue weighted by atomic mass is 9.87. The number of rotatable bonds is 4. The predicted molar refractivity (Wildman–Crippen MR) is 93.4 cm³/mol. The van der Waals surface area contributed by atoms with Crippen molar-refractivity contribution in [3.63, 3.8) is 0 Å². The minimum Gasteiger partial charge on any atom is -0.318 e. The highest BCUT2D eigenvalue weighted by Gasteiger charge is 2.51. The molecule has 1 atom stereocenters. The number of hydrazone groups is 1. The van der Waals surface area contributed by atoms with Crippen molar-refractivity contribution in [3.05, 3.63) is 56.7 Å². The summed E-state index contributed by atoms with van der Waals surface area (Å²) >= 11 is 4.84. The number of imide groups is 1. The molecular formula is C16H14BrN3O2S. The van der Waals surface area contributed by atoms with Gasteiger partial charge >= 0.3 is 6.03 Å². The molecule has 0 bridgehead atoms. The van der Waals surface area contributed by atoms with E-state index in [2.05, 4.69) is 26.3 Å². The van der Waals surface area contributed by atoms with Gasteiger partial charge in [-0.3, -0.25) is 4.79 Å². The number of carbonyl (C=O) groups is 2. The maximum atomic E-state index is 12.8. The molecule has 1 aliphatic rings. The third-order valence-corrected chi connectivity index (χ3v) is 5.32. The van der Waals surface area contributed by atoms with Crippen LogP contribution in [-0.2, 0) is 10.3 Å². The van der Waals surface area contributed by atoms with Crippen LogP contribution in [0.1, 0.15) is 23.8 Å². The molecule has 7 heteroatoms. The van der Waals surface area contributed by atoms with Gasteiger partial charge in [-0.1, -0.05) is 37.3 Å². The normalized spacial score (nSPS) is 21.2. The largest absolute Gasteiger partial charge is 0.346 e. The first kappa shape index (κ1) is 15.9. The first-order valence-electron chi connectivity index (χ1n) is 7.08. The third-order valence-electron chi connectivity index (χ3n) is 3.76. The molecule has 1 aliphatic heterocycles. The zero-order valence-electron chi connectivity index (χ0n) is 12.3. The van der Waals surface area contributed by atoms with Crippen LogP contribution in [-0.4, -0.2) is 23.2 Å². The van der Waals surface area contributed by atoms with Gasteiger partial charge in [-0.2, -0.15) is 5.10 Å². The fourth-order valence-corrected chi connectivity index (χ4v) is 3.83. The average Bonchev–Trinajstić information content (AvgIpc) is 3.08. The molecule has 5 nitrogen and oxygen atoms in total. The monoisotopic (exact) mass is 391 g/mol. The lowest BCUT2D eigenvalue weighted by Crippen LogP contribution is -2.43. The number of urea groups is 1. The van der Waals surface area contributed by atoms with Crippen molar-refractivity contribution < 1.29 is 9.59 Å². The van der Waals surface area contributed by atoms with E-state index < -0.39 is 11.6 Å². The van der Waals surface area contributed by atoms with Crippen molar-refractivity contribution >= 4 is 45.4 Å². The number of thiophene rings is 1. The van der Waals surface area contributed by atoms with Crippen LogP contribution < -0.4 is 5.32 Å². The van der Waals surface area contributed by atoms with Crippen LogP contribution >= 0.6 is 27.3 Å². The Morgan fingerprint density at radius 1 is 1.26 bits per heavy atom. The second-order valence-corrected chi connectivity index (χ2v) is 7.55. The summed E-state index contributed by atoms with van der Waals surface area (Å²) in [6.07, 6.45) is 1.97. The third kappa shape index (κ3) is 2.82. The van der Waals surface area contributed by atoms with E-state index in [1.807, 2.05) is 49.4 Å². The number of halogens is 1. The molecule has 3 rings (SSSR count). The summed E-state index contributed by atoms with van der Waals surface area (Å²) in [6, 6.07) is 12.5. The van der Waals surface area contributed by atoms with Crippen LogP contribution in [0.25, 0.3) is 0 Å². The van der Waals surface area contributed by atoms with Crippen LogP contribution in [0.15, 0.2) is 51.4 Å². The molecule has 1 aromatic carbocycles. The summed E-state index contributed by atoms with van der Waals surface area (Å²) in [7, 11) is 0. The summed E-state index contributed by atoms with van der Waals surface area (Å²) in [5.74, 6) is -0.358. The summed E-state index contributed by atoms with van der Waals surface area (Å²) in [4.78, 5) is 25.9. The molecule has 2 heterocycles. The van der Waals surface area contributed by atoms with Gasteiger partial charge in [-0.05, 0) is 40.0 Å². The molecule has 1 saturated heterocycles. The highest BCUT2D eigenvalue weighted by atomic mass is 79.9. The number of nitrogens with zero attached hydrogens (tertiary/aromatic N) is 2. The predicted octanol–water partition coefficient (Wildman–Crippen LogP) is 3.70. The molecule has 0 spiro atoms. The average molecular weight is 392 g/mol. The van der Waals surface area contributed by atoms with E-state index in [-0.39, 0.29) is 5.91 Å². The van der Waals surface area contributed by atoms with E-state index in [1.165, 1.54) is 17.6 Å². The maximum Gasteiger partial charge on any atom is 0.346 e. The minimum absolute atomic E-state index is 0.358. The Morgan fingerprint density at radius 2 is 2.00 bits per heavy atom. The first-order valence-corrected chi connectivity index (χ1v) is 8.69. The quantitative estimate of drug-likeness (QED) is 0.637. The van der Waals surface area contributed by atoms with E-state index in [0.717, 1.165) is 19.2 Å². The van der Waals surface area contributed by atoms with Gasteiger partial charge in [0.15, 0.2) is 0 Å². The van der Waals surface area contributed by atoms with Crippen molar-refractivity contribution in [1.82, 2.24) is 10.3 Å². The topological polar surface area (TPSA) is 61.8 Å². The molecule has 0 saturated carbocycles. The van der Waals surface area contributed by atoms with Gasteiger partial charge in [-0.15, -0.1) is 16.3 Å². The number of amides is 3. The second kappa shape index (κ2) is 6.25. The molecular weight excluding hydrogens is 378 g/mol. The van der Waals surface area contributed by atoms with Gasteiger partial charge in [-0.25, -0.2) is 4.79 Å². The van der Waals surface area contributed by atoms with Crippen molar-refractivity contribution in [2.24, 2.45) is 5.10 Å². The number of hydrogen-bond donors (Lipinski definition) is 1. The van der Waals surface area contributed by atoms with E-state index in [4.69, 9.17) is 0 Å². The Labute approximate surface area is 146 Å². The first-order chi connectivity index (χ1) is 11.1. The van der Waals surface area contributed by atoms with Gasteiger partial charge in [0.2, 0.25) is 0 Å². The Balaban J connectivity index is 1.91. The molecule has 0 unspecified atom stereocenters. The Morgan fingerprint density at radius 3 is 2.61 bits per heavy atom. The molecule has 2 aromatic rings. The summed E-state index contributed by atoms with van der Waals surface area (Å²) < 4.78 is 0.961. The van der Waals surface area contributed by atoms with E-state index in [9.17, 15) is 9.59 Å². The van der Waals surface area contributed by atoms with Crippen molar-refractivity contribution in [3.8, 4) is 0 Å². The van der Waals surface area contributed by atoms with Crippen molar-refractivity contribution in [2.75, 3.05) is 0 Å². The highest BCUT2D eigenvalue weighted by Crippen LogP contribution is 2.32. The van der Waals surface area contributed by atoms with Crippen LogP contribution in [0.3, 0.4) is 0 Å². The van der Waals surface area contributed by atoms with Crippen molar-refractivity contribution in [2.45, 2.75) is 18.9 Å². The number of carbonyl (C=O) groups excluding carboxylic acids is 2. The molecule has 0 aliphatic carbocycles. The Bertz CT molecular complexity index is 775. The SMILES string of the molecule is CC[C@@]1(c2ccccc2)NC(=O)N(/N=C\c2ccc(Br)s2)C1=O. The van der Waals surface area contributed by atoms with Crippen LogP contribution in [0.2, 0.25) is 0 Å². The van der Waals surface area contributed by atoms with Crippen molar-refractivity contribution in [1.29, 1.82) is 0 Å². The number of hydrogen-bond acceptors (Lipinski definition) is 4. The van der Waals surface area contributed by atoms with Gasteiger partial charge in [0.1, 0.15) is 5.54 Å². The Kier molecular flexibility index (Phi) is 4.32. The smallest absolute Gasteiger partial charge is 0.318 e. The number of benzene rings is 1. The molecule has 0 radical (unpaired) electrons. The maximum absolute atomic E-state index is 12.8. The Hall–Kier alpha value is -1.99. The zero-order valence-corrected chi connectivity index (χ0v) is 14.7. The fourth-order valence-electron chi connectivity index (χ4n) is 2.54. The zero-order chi connectivity index (χ0) is 16.4. The summed E-state index contributed by atoms with van der Waals surface area (Å²) in [6.45, 7) is 1.87. The summed E-state index contributed by atoms with van der Waals surface area (Å²) in [5, 5.41) is 7.77. The fraction of sp³-hybridized carbons (Fsp3) is 0.188. The second-order valence-electron chi connectivity index (χ2n) is 5.06. The molecule has 3 amide bonds. The molecule has 1 fully saturated rings. The van der Waals surface area contributed by atoms with Gasteiger partial charge in [0.25, 0.3) is 5.91 Å². The minimum atomic E-state index is -1.05. The van der Waals surface area contributed by atoms with Gasteiger partial charge < -0.3 is 5.32 Å². The van der Waals surface area contributed by atoms with Crippen LogP contribution in [0, 0.1) is 0 Å². The van der Waals surface area contributed by atoms with Crippen LogP contribution in [0.4, 0.5) is 4.79 Å². The van der Waals surface area contributed by atoms with E-state index >= 15 is 0 Å².